The van der Waals surface area contributed by atoms with Crippen molar-refractivity contribution < 1.29 is 32.8 Å². The van der Waals surface area contributed by atoms with Gasteiger partial charge in [-0.25, -0.2) is 9.36 Å². The lowest BCUT2D eigenvalue weighted by molar-refractivity contribution is -0.104. The number of nitrogens with one attached hydrogen (secondary N) is 1. The highest BCUT2D eigenvalue weighted by Gasteiger charge is 2.43. The van der Waals surface area contributed by atoms with Crippen LogP contribution in [0.1, 0.15) is 43.9 Å². The molecule has 30 heavy (non-hydrogen) atoms. The van der Waals surface area contributed by atoms with Crippen LogP contribution in [0.3, 0.4) is 0 Å². The number of aromatic nitrogens is 2. The van der Waals surface area contributed by atoms with Crippen molar-refractivity contribution in [2.24, 2.45) is 0 Å². The van der Waals surface area contributed by atoms with Crippen molar-refractivity contribution in [1.82, 2.24) is 9.55 Å². The summed E-state index contributed by atoms with van der Waals surface area (Å²) in [5, 5.41) is 9.67. The lowest BCUT2D eigenvalue weighted by Crippen LogP contribution is -2.33. The standard InChI is InChI=1S/C18H25N2O9P/c1-26-30(25,28-13-6-2-3-7-13)29-14-9-16(27-15(14)11-22)20-10-12(5-4-8-21)17(23)19-18(20)24/h4-5,8,10,13-16,22H,2-3,6-7,9,11H2,1H3,(H,19,23,24)/b5-4+. The van der Waals surface area contributed by atoms with Gasteiger partial charge in [0.15, 0.2) is 0 Å². The maximum Gasteiger partial charge on any atom is 0.475 e. The molecule has 2 heterocycles. The Hall–Kier alpha value is -1.88. The van der Waals surface area contributed by atoms with Gasteiger partial charge < -0.3 is 9.84 Å². The summed E-state index contributed by atoms with van der Waals surface area (Å²) in [6.07, 6.45) is 4.72. The SMILES string of the molecule is COP(=O)(OC1CCCC1)OC1CC(n2cc(/C=C/C=O)c(=O)[nH]c2=O)OC1CO. The molecule has 0 amide bonds. The Morgan fingerprint density at radius 2 is 2.07 bits per heavy atom. The fourth-order valence-electron chi connectivity index (χ4n) is 3.58. The fourth-order valence-corrected chi connectivity index (χ4v) is 4.93. The number of phosphoric acid groups is 1. The van der Waals surface area contributed by atoms with Crippen LogP contribution in [0.5, 0.6) is 0 Å². The zero-order valence-electron chi connectivity index (χ0n) is 16.5. The van der Waals surface area contributed by atoms with E-state index < -0.39 is 44.1 Å². The largest absolute Gasteiger partial charge is 0.475 e. The molecule has 11 nitrogen and oxygen atoms in total. The normalized spacial score (nSPS) is 26.9. The van der Waals surface area contributed by atoms with E-state index in [0.717, 1.165) is 36.3 Å². The van der Waals surface area contributed by atoms with Gasteiger partial charge in [0.2, 0.25) is 0 Å². The molecule has 12 heteroatoms. The number of aliphatic hydroxyl groups excluding tert-OH is 1. The summed E-state index contributed by atoms with van der Waals surface area (Å²) in [6.45, 7) is -0.454. The number of hydrogen-bond acceptors (Lipinski definition) is 9. The zero-order chi connectivity index (χ0) is 21.7. The fraction of sp³-hybridized carbons (Fsp3) is 0.611. The number of allylic oxidation sites excluding steroid dienone is 1. The molecule has 1 saturated carbocycles. The highest BCUT2D eigenvalue weighted by molar-refractivity contribution is 7.48. The Bertz CT molecular complexity index is 934. The number of phosphoric ester groups is 1. The zero-order valence-corrected chi connectivity index (χ0v) is 17.4. The first-order valence-electron chi connectivity index (χ1n) is 9.65. The Balaban J connectivity index is 1.79. The number of H-pyrrole nitrogens is 1. The third-order valence-corrected chi connectivity index (χ3v) is 6.62. The van der Waals surface area contributed by atoms with Crippen molar-refractivity contribution in [1.29, 1.82) is 0 Å². The van der Waals surface area contributed by atoms with Crippen LogP contribution in [0.15, 0.2) is 21.9 Å². The Morgan fingerprint density at radius 3 is 2.70 bits per heavy atom. The molecule has 166 valence electrons. The third-order valence-electron chi connectivity index (χ3n) is 5.09. The first-order valence-corrected chi connectivity index (χ1v) is 11.1. The number of carbonyl (C=O) groups excluding carboxylic acids is 1. The Labute approximate surface area is 172 Å². The lowest BCUT2D eigenvalue weighted by atomic mass is 10.2. The van der Waals surface area contributed by atoms with Gasteiger partial charge in [-0.1, -0.05) is 12.8 Å². The number of ether oxygens (including phenoxy) is 1. The molecule has 0 radical (unpaired) electrons. The average molecular weight is 444 g/mol. The van der Waals surface area contributed by atoms with Crippen LogP contribution in [-0.2, 0) is 27.7 Å². The van der Waals surface area contributed by atoms with Crippen LogP contribution in [0.2, 0.25) is 0 Å². The number of aldehydes is 1. The van der Waals surface area contributed by atoms with Crippen molar-refractivity contribution in [3.8, 4) is 0 Å². The van der Waals surface area contributed by atoms with Crippen molar-refractivity contribution in [3.05, 3.63) is 38.7 Å². The minimum Gasteiger partial charge on any atom is -0.394 e. The van der Waals surface area contributed by atoms with Crippen LogP contribution < -0.4 is 11.2 Å². The van der Waals surface area contributed by atoms with Crippen LogP contribution in [-0.4, -0.2) is 53.0 Å². The summed E-state index contributed by atoms with van der Waals surface area (Å²) in [4.78, 5) is 36.8. The summed E-state index contributed by atoms with van der Waals surface area (Å²) in [6, 6.07) is 0. The number of aliphatic hydroxyl groups is 1. The van der Waals surface area contributed by atoms with Gasteiger partial charge in [0.25, 0.3) is 5.56 Å². The molecule has 0 bridgehead atoms. The molecule has 2 fully saturated rings. The van der Waals surface area contributed by atoms with Gasteiger partial charge in [-0.2, -0.15) is 0 Å². The maximum atomic E-state index is 12.9. The predicted octanol–water partition coefficient (Wildman–Crippen LogP) is 1.13. The quantitative estimate of drug-likeness (QED) is 0.325. The highest BCUT2D eigenvalue weighted by atomic mass is 31.2. The molecule has 1 aliphatic heterocycles. The number of carbonyl (C=O) groups is 1. The summed E-state index contributed by atoms with van der Waals surface area (Å²) in [5.41, 5.74) is -1.32. The Morgan fingerprint density at radius 1 is 1.33 bits per heavy atom. The second-order valence-corrected chi connectivity index (χ2v) is 8.76. The molecular formula is C18H25N2O9P. The summed E-state index contributed by atoms with van der Waals surface area (Å²) >= 11 is 0. The van der Waals surface area contributed by atoms with Gasteiger partial charge in [-0.3, -0.25) is 32.7 Å². The molecule has 0 aromatic carbocycles. The van der Waals surface area contributed by atoms with Crippen molar-refractivity contribution >= 4 is 20.2 Å². The van der Waals surface area contributed by atoms with Crippen LogP contribution >= 0.6 is 7.82 Å². The van der Waals surface area contributed by atoms with Gasteiger partial charge in [0.1, 0.15) is 24.7 Å². The van der Waals surface area contributed by atoms with Gasteiger partial charge in [-0.05, 0) is 25.0 Å². The molecule has 1 saturated heterocycles. The molecule has 4 atom stereocenters. The van der Waals surface area contributed by atoms with Crippen LogP contribution in [0.4, 0.5) is 0 Å². The third kappa shape index (κ3) is 5.23. The number of hydrogen-bond donors (Lipinski definition) is 2. The molecule has 1 aromatic heterocycles. The van der Waals surface area contributed by atoms with Gasteiger partial charge >= 0.3 is 13.5 Å². The van der Waals surface area contributed by atoms with E-state index in [4.69, 9.17) is 18.3 Å². The first kappa shape index (κ1) is 22.8. The molecule has 1 aromatic rings. The smallest absolute Gasteiger partial charge is 0.394 e. The van der Waals surface area contributed by atoms with E-state index >= 15 is 0 Å². The van der Waals surface area contributed by atoms with E-state index in [2.05, 4.69) is 4.98 Å². The molecule has 3 rings (SSSR count). The molecular weight excluding hydrogens is 419 g/mol. The summed E-state index contributed by atoms with van der Waals surface area (Å²) < 4.78 is 35.9. The average Bonchev–Trinajstić information content (AvgIpc) is 3.37. The first-order chi connectivity index (χ1) is 14.4. The number of nitrogens with zero attached hydrogens (tertiary/aromatic N) is 1. The minimum absolute atomic E-state index is 0.0510. The number of rotatable bonds is 9. The monoisotopic (exact) mass is 444 g/mol. The molecule has 4 unspecified atom stereocenters. The van der Waals surface area contributed by atoms with E-state index in [9.17, 15) is 24.1 Å². The summed E-state index contributed by atoms with van der Waals surface area (Å²) in [5.74, 6) is 0. The topological polar surface area (TPSA) is 146 Å². The number of aromatic amines is 1. The van der Waals surface area contributed by atoms with Gasteiger partial charge in [-0.15, -0.1) is 0 Å². The maximum absolute atomic E-state index is 12.9. The minimum atomic E-state index is -3.90. The van der Waals surface area contributed by atoms with Crippen molar-refractivity contribution in [2.75, 3.05) is 13.7 Å². The second kappa shape index (κ2) is 9.95. The van der Waals surface area contributed by atoms with E-state index in [1.54, 1.807) is 0 Å². The van der Waals surface area contributed by atoms with E-state index in [0.29, 0.717) is 6.29 Å². The van der Waals surface area contributed by atoms with Gasteiger partial charge in [0.05, 0.1) is 18.3 Å². The van der Waals surface area contributed by atoms with E-state index in [1.165, 1.54) is 19.4 Å². The van der Waals surface area contributed by atoms with E-state index in [1.807, 2.05) is 0 Å². The van der Waals surface area contributed by atoms with Crippen molar-refractivity contribution in [2.45, 2.75) is 56.6 Å². The van der Waals surface area contributed by atoms with Crippen molar-refractivity contribution in [3.63, 3.8) is 0 Å². The Kier molecular flexibility index (Phi) is 7.56. The predicted molar refractivity (Wildman–Crippen MR) is 105 cm³/mol. The highest BCUT2D eigenvalue weighted by Crippen LogP contribution is 2.54. The van der Waals surface area contributed by atoms with E-state index in [-0.39, 0.29) is 18.1 Å². The molecule has 1 aliphatic carbocycles. The summed E-state index contributed by atoms with van der Waals surface area (Å²) in [7, 11) is -2.68. The lowest BCUT2D eigenvalue weighted by Gasteiger charge is -2.24. The molecule has 2 N–H and O–H groups in total. The second-order valence-electron chi connectivity index (χ2n) is 7.08. The molecule has 2 aliphatic rings. The van der Waals surface area contributed by atoms with Crippen LogP contribution in [0.25, 0.3) is 6.08 Å². The molecule has 0 spiro atoms. The van der Waals surface area contributed by atoms with Crippen LogP contribution in [0, 0.1) is 0 Å². The van der Waals surface area contributed by atoms with Gasteiger partial charge in [0, 0.05) is 19.7 Å².